The summed E-state index contributed by atoms with van der Waals surface area (Å²) in [6.45, 7) is 9.46. The van der Waals surface area contributed by atoms with Crippen molar-refractivity contribution in [1.29, 1.82) is 0 Å². The summed E-state index contributed by atoms with van der Waals surface area (Å²) < 4.78 is 0. The lowest BCUT2D eigenvalue weighted by atomic mass is 9.96. The van der Waals surface area contributed by atoms with E-state index in [0.717, 1.165) is 71.0 Å². The zero-order valence-electron chi connectivity index (χ0n) is 15.6. The molecule has 1 amide bonds. The predicted octanol–water partition coefficient (Wildman–Crippen LogP) is 1.18. The number of rotatable bonds is 5. The van der Waals surface area contributed by atoms with Crippen molar-refractivity contribution >= 4 is 11.7 Å². The van der Waals surface area contributed by atoms with Crippen LogP contribution in [-0.4, -0.2) is 73.6 Å². The van der Waals surface area contributed by atoms with E-state index in [2.05, 4.69) is 46.2 Å². The molecule has 1 aromatic heterocycles. The van der Waals surface area contributed by atoms with Crippen LogP contribution in [0.1, 0.15) is 25.3 Å². The third-order valence-corrected chi connectivity index (χ3v) is 5.36. The standard InChI is InChI=1S/C19H31N5O/c1-3-22(2)18-7-6-16(13-21-18)14-23-10-4-5-17(15-23)19(25)24-11-8-20-9-12-24/h6-7,13,17,20H,3-5,8-12,14-15H2,1-2H3. The molecule has 0 aliphatic carbocycles. The first-order valence-electron chi connectivity index (χ1n) is 9.55. The Bertz CT molecular complexity index is 555. The van der Waals surface area contributed by atoms with Crippen molar-refractivity contribution in [2.45, 2.75) is 26.3 Å². The van der Waals surface area contributed by atoms with E-state index in [4.69, 9.17) is 0 Å². The normalized spacial score (nSPS) is 22.0. The summed E-state index contributed by atoms with van der Waals surface area (Å²) in [7, 11) is 2.05. The molecule has 0 aromatic carbocycles. The first-order chi connectivity index (χ1) is 12.2. The van der Waals surface area contributed by atoms with E-state index in [1.807, 2.05) is 11.1 Å². The van der Waals surface area contributed by atoms with Crippen LogP contribution in [0.5, 0.6) is 0 Å². The summed E-state index contributed by atoms with van der Waals surface area (Å²) in [6.07, 6.45) is 4.10. The average molecular weight is 345 g/mol. The Balaban J connectivity index is 1.55. The number of piperidine rings is 1. The molecule has 138 valence electrons. The van der Waals surface area contributed by atoms with Gasteiger partial charge in [-0.05, 0) is 37.9 Å². The highest BCUT2D eigenvalue weighted by Gasteiger charge is 2.29. The zero-order chi connectivity index (χ0) is 17.6. The Labute approximate surface area is 151 Å². The van der Waals surface area contributed by atoms with Crippen LogP contribution in [0, 0.1) is 5.92 Å². The van der Waals surface area contributed by atoms with E-state index >= 15 is 0 Å². The molecule has 0 bridgehead atoms. The first-order valence-corrected chi connectivity index (χ1v) is 9.55. The molecule has 0 radical (unpaired) electrons. The highest BCUT2D eigenvalue weighted by atomic mass is 16.2. The number of anilines is 1. The molecular formula is C19H31N5O. The van der Waals surface area contributed by atoms with Crippen molar-refractivity contribution in [2.24, 2.45) is 5.92 Å². The Morgan fingerprint density at radius 1 is 1.32 bits per heavy atom. The molecule has 1 N–H and O–H groups in total. The summed E-state index contributed by atoms with van der Waals surface area (Å²) in [5.74, 6) is 1.52. The number of hydrogen-bond donors (Lipinski definition) is 1. The smallest absolute Gasteiger partial charge is 0.227 e. The van der Waals surface area contributed by atoms with Gasteiger partial charge in [0.1, 0.15) is 5.82 Å². The van der Waals surface area contributed by atoms with Crippen molar-refractivity contribution in [3.8, 4) is 0 Å². The monoisotopic (exact) mass is 345 g/mol. The fraction of sp³-hybridized carbons (Fsp3) is 0.684. The maximum atomic E-state index is 12.8. The highest BCUT2D eigenvalue weighted by molar-refractivity contribution is 5.79. The van der Waals surface area contributed by atoms with Crippen LogP contribution in [0.3, 0.4) is 0 Å². The fourth-order valence-electron chi connectivity index (χ4n) is 3.70. The van der Waals surface area contributed by atoms with Gasteiger partial charge in [-0.15, -0.1) is 0 Å². The van der Waals surface area contributed by atoms with Crippen LogP contribution in [-0.2, 0) is 11.3 Å². The fourth-order valence-corrected chi connectivity index (χ4v) is 3.70. The molecule has 2 aliphatic rings. The largest absolute Gasteiger partial charge is 0.360 e. The summed E-state index contributed by atoms with van der Waals surface area (Å²) in [4.78, 5) is 23.9. The second-order valence-corrected chi connectivity index (χ2v) is 7.19. The lowest BCUT2D eigenvalue weighted by molar-refractivity contribution is -0.138. The minimum atomic E-state index is 0.158. The van der Waals surface area contributed by atoms with Gasteiger partial charge in [-0.1, -0.05) is 6.07 Å². The number of carbonyl (C=O) groups excluding carboxylic acids is 1. The molecule has 1 atom stereocenters. The number of aromatic nitrogens is 1. The Kier molecular flexibility index (Phi) is 6.26. The second kappa shape index (κ2) is 8.63. The summed E-state index contributed by atoms with van der Waals surface area (Å²) in [5, 5.41) is 3.32. The molecule has 0 saturated carbocycles. The molecule has 1 aromatic rings. The van der Waals surface area contributed by atoms with E-state index in [0.29, 0.717) is 5.91 Å². The molecule has 1 unspecified atom stereocenters. The van der Waals surface area contributed by atoms with Gasteiger partial charge in [0.2, 0.25) is 5.91 Å². The van der Waals surface area contributed by atoms with Crippen LogP contribution in [0.2, 0.25) is 0 Å². The van der Waals surface area contributed by atoms with Crippen molar-refractivity contribution in [3.63, 3.8) is 0 Å². The van der Waals surface area contributed by atoms with Gasteiger partial charge in [0.05, 0.1) is 5.92 Å². The predicted molar refractivity (Wildman–Crippen MR) is 101 cm³/mol. The van der Waals surface area contributed by atoms with E-state index in [-0.39, 0.29) is 5.92 Å². The number of nitrogens with one attached hydrogen (secondary N) is 1. The number of amides is 1. The third-order valence-electron chi connectivity index (χ3n) is 5.36. The quantitative estimate of drug-likeness (QED) is 0.869. The van der Waals surface area contributed by atoms with Gasteiger partial charge in [0.15, 0.2) is 0 Å². The molecule has 3 rings (SSSR count). The van der Waals surface area contributed by atoms with E-state index < -0.39 is 0 Å². The Morgan fingerprint density at radius 2 is 2.12 bits per heavy atom. The topological polar surface area (TPSA) is 51.7 Å². The van der Waals surface area contributed by atoms with Gasteiger partial charge in [0, 0.05) is 59.1 Å². The van der Waals surface area contributed by atoms with Gasteiger partial charge in [0.25, 0.3) is 0 Å². The lowest BCUT2D eigenvalue weighted by Gasteiger charge is -2.36. The van der Waals surface area contributed by atoms with Gasteiger partial charge in [-0.3, -0.25) is 9.69 Å². The average Bonchev–Trinajstić information content (AvgIpc) is 2.68. The molecular weight excluding hydrogens is 314 g/mol. The van der Waals surface area contributed by atoms with Crippen LogP contribution >= 0.6 is 0 Å². The molecule has 0 spiro atoms. The van der Waals surface area contributed by atoms with Gasteiger partial charge < -0.3 is 15.1 Å². The SMILES string of the molecule is CCN(C)c1ccc(CN2CCCC(C(=O)N3CCNCC3)C2)cn1. The molecule has 25 heavy (non-hydrogen) atoms. The molecule has 3 heterocycles. The number of carbonyl (C=O) groups is 1. The molecule has 2 saturated heterocycles. The second-order valence-electron chi connectivity index (χ2n) is 7.19. The summed E-state index contributed by atoms with van der Waals surface area (Å²) in [5.41, 5.74) is 1.23. The number of pyridine rings is 1. The minimum absolute atomic E-state index is 0.158. The number of nitrogens with zero attached hydrogens (tertiary/aromatic N) is 4. The van der Waals surface area contributed by atoms with Gasteiger partial charge >= 0.3 is 0 Å². The van der Waals surface area contributed by atoms with Crippen LogP contribution in [0.15, 0.2) is 18.3 Å². The number of piperazine rings is 1. The third kappa shape index (κ3) is 4.70. The Hall–Kier alpha value is -1.66. The maximum Gasteiger partial charge on any atom is 0.227 e. The Morgan fingerprint density at radius 3 is 2.80 bits per heavy atom. The van der Waals surface area contributed by atoms with E-state index in [9.17, 15) is 4.79 Å². The minimum Gasteiger partial charge on any atom is -0.360 e. The molecule has 6 heteroatoms. The van der Waals surface area contributed by atoms with Crippen molar-refractivity contribution in [1.82, 2.24) is 20.1 Å². The van der Waals surface area contributed by atoms with Crippen LogP contribution < -0.4 is 10.2 Å². The van der Waals surface area contributed by atoms with Crippen LogP contribution in [0.4, 0.5) is 5.82 Å². The number of likely N-dealkylation sites (tertiary alicyclic amines) is 1. The first kappa shape index (κ1) is 18.1. The van der Waals surface area contributed by atoms with Crippen molar-refractivity contribution in [3.05, 3.63) is 23.9 Å². The van der Waals surface area contributed by atoms with E-state index in [1.54, 1.807) is 0 Å². The zero-order valence-corrected chi connectivity index (χ0v) is 15.6. The maximum absolute atomic E-state index is 12.8. The number of hydrogen-bond acceptors (Lipinski definition) is 5. The van der Waals surface area contributed by atoms with Gasteiger partial charge in [-0.2, -0.15) is 0 Å². The van der Waals surface area contributed by atoms with Crippen molar-refractivity contribution in [2.75, 3.05) is 57.8 Å². The molecule has 2 aliphatic heterocycles. The van der Waals surface area contributed by atoms with Gasteiger partial charge in [-0.25, -0.2) is 4.98 Å². The summed E-state index contributed by atoms with van der Waals surface area (Å²) in [6, 6.07) is 4.25. The molecule has 2 fully saturated rings. The van der Waals surface area contributed by atoms with Crippen LogP contribution in [0.25, 0.3) is 0 Å². The summed E-state index contributed by atoms with van der Waals surface area (Å²) >= 11 is 0. The lowest BCUT2D eigenvalue weighted by Crippen LogP contribution is -2.51. The van der Waals surface area contributed by atoms with Crippen molar-refractivity contribution < 1.29 is 4.79 Å². The van der Waals surface area contributed by atoms with E-state index in [1.165, 1.54) is 5.56 Å². The molecule has 6 nitrogen and oxygen atoms in total. The highest BCUT2D eigenvalue weighted by Crippen LogP contribution is 2.21.